The molecule has 0 radical (unpaired) electrons. The molecule has 0 saturated heterocycles. The fraction of sp³-hybridized carbons (Fsp3) is 0.636. The Labute approximate surface area is 85.0 Å². The van der Waals surface area contributed by atoms with Crippen molar-refractivity contribution >= 4 is 11.3 Å². The Balaban J connectivity index is 2.30. The molecule has 2 N–H and O–H groups in total. The predicted octanol–water partition coefficient (Wildman–Crippen LogP) is 3.12. The van der Waals surface area contributed by atoms with Crippen molar-refractivity contribution in [1.82, 2.24) is 0 Å². The van der Waals surface area contributed by atoms with Crippen molar-refractivity contribution in [3.05, 3.63) is 21.9 Å². The Kier molecular flexibility index (Phi) is 4.46. The summed E-state index contributed by atoms with van der Waals surface area (Å²) in [5.41, 5.74) is 7.44. The highest BCUT2D eigenvalue weighted by atomic mass is 32.1. The zero-order chi connectivity index (χ0) is 9.68. The molecule has 1 aromatic rings. The van der Waals surface area contributed by atoms with E-state index in [0.29, 0.717) is 6.04 Å². The van der Waals surface area contributed by atoms with Gasteiger partial charge >= 0.3 is 0 Å². The van der Waals surface area contributed by atoms with E-state index in [-0.39, 0.29) is 0 Å². The van der Waals surface area contributed by atoms with Crippen LogP contribution in [0.15, 0.2) is 11.4 Å². The minimum Gasteiger partial charge on any atom is -0.328 e. The number of nitrogens with two attached hydrogens (primary N) is 1. The van der Waals surface area contributed by atoms with Gasteiger partial charge in [-0.05, 0) is 43.2 Å². The van der Waals surface area contributed by atoms with Crippen molar-refractivity contribution in [2.75, 3.05) is 0 Å². The Morgan fingerprint density at radius 3 is 2.77 bits per heavy atom. The minimum absolute atomic E-state index is 0.393. The van der Waals surface area contributed by atoms with Crippen LogP contribution in [0.3, 0.4) is 0 Å². The van der Waals surface area contributed by atoms with Gasteiger partial charge in [0, 0.05) is 10.9 Å². The molecule has 0 aliphatic heterocycles. The summed E-state index contributed by atoms with van der Waals surface area (Å²) in [6, 6.07) is 2.61. The van der Waals surface area contributed by atoms with Gasteiger partial charge in [0.25, 0.3) is 0 Å². The lowest BCUT2D eigenvalue weighted by atomic mass is 10.0. The van der Waals surface area contributed by atoms with E-state index in [0.717, 1.165) is 19.3 Å². The van der Waals surface area contributed by atoms with Crippen molar-refractivity contribution in [1.29, 1.82) is 0 Å². The van der Waals surface area contributed by atoms with Gasteiger partial charge in [-0.25, -0.2) is 0 Å². The molecular formula is C11H19NS. The normalized spacial score (nSPS) is 13.2. The number of rotatable bonds is 5. The van der Waals surface area contributed by atoms with Gasteiger partial charge in [0.2, 0.25) is 0 Å². The first-order chi connectivity index (χ1) is 6.24. The van der Waals surface area contributed by atoms with E-state index in [1.165, 1.54) is 16.9 Å². The van der Waals surface area contributed by atoms with E-state index < -0.39 is 0 Å². The summed E-state index contributed by atoms with van der Waals surface area (Å²) < 4.78 is 0. The number of aryl methyl sites for hydroxylation is 2. The highest BCUT2D eigenvalue weighted by Gasteiger charge is 2.04. The summed E-state index contributed by atoms with van der Waals surface area (Å²) in [5, 5.41) is 2.16. The Hall–Kier alpha value is -0.340. The molecule has 1 atom stereocenters. The summed E-state index contributed by atoms with van der Waals surface area (Å²) in [5.74, 6) is 0. The van der Waals surface area contributed by atoms with Crippen LogP contribution in [-0.4, -0.2) is 6.04 Å². The van der Waals surface area contributed by atoms with Gasteiger partial charge < -0.3 is 5.73 Å². The molecule has 1 rings (SSSR count). The van der Waals surface area contributed by atoms with E-state index in [9.17, 15) is 0 Å². The first-order valence-electron chi connectivity index (χ1n) is 5.02. The molecule has 1 heterocycles. The molecule has 2 heteroatoms. The van der Waals surface area contributed by atoms with Crippen LogP contribution in [0.1, 0.15) is 36.6 Å². The first kappa shape index (κ1) is 10.7. The maximum Gasteiger partial charge on any atom is 0.00462 e. The Morgan fingerprint density at radius 2 is 2.23 bits per heavy atom. The molecule has 0 aliphatic rings. The zero-order valence-corrected chi connectivity index (χ0v) is 9.36. The molecular weight excluding hydrogens is 178 g/mol. The molecule has 0 spiro atoms. The van der Waals surface area contributed by atoms with Gasteiger partial charge in [-0.3, -0.25) is 0 Å². The lowest BCUT2D eigenvalue weighted by molar-refractivity contribution is 0.561. The molecule has 1 unspecified atom stereocenters. The van der Waals surface area contributed by atoms with E-state index in [1.54, 1.807) is 0 Å². The summed E-state index contributed by atoms with van der Waals surface area (Å²) >= 11 is 1.83. The largest absolute Gasteiger partial charge is 0.328 e. The second kappa shape index (κ2) is 5.40. The lowest BCUT2D eigenvalue weighted by Gasteiger charge is -2.09. The third kappa shape index (κ3) is 3.49. The SMILES string of the molecule is CCCC(N)CCc1ccsc1C. The fourth-order valence-corrected chi connectivity index (χ4v) is 2.28. The average molecular weight is 197 g/mol. The van der Waals surface area contributed by atoms with Crippen LogP contribution in [0.2, 0.25) is 0 Å². The van der Waals surface area contributed by atoms with Crippen LogP contribution in [0, 0.1) is 6.92 Å². The van der Waals surface area contributed by atoms with Gasteiger partial charge in [0.15, 0.2) is 0 Å². The predicted molar refractivity (Wildman–Crippen MR) is 60.3 cm³/mol. The lowest BCUT2D eigenvalue weighted by Crippen LogP contribution is -2.20. The zero-order valence-electron chi connectivity index (χ0n) is 8.55. The summed E-state index contributed by atoms with van der Waals surface area (Å²) in [4.78, 5) is 1.45. The number of hydrogen-bond donors (Lipinski definition) is 1. The molecule has 0 saturated carbocycles. The van der Waals surface area contributed by atoms with E-state index in [4.69, 9.17) is 5.73 Å². The maximum absolute atomic E-state index is 5.95. The highest BCUT2D eigenvalue weighted by Crippen LogP contribution is 2.17. The third-order valence-electron chi connectivity index (χ3n) is 2.41. The minimum atomic E-state index is 0.393. The first-order valence-corrected chi connectivity index (χ1v) is 5.90. The summed E-state index contributed by atoms with van der Waals surface area (Å²) in [7, 11) is 0. The molecule has 0 bridgehead atoms. The van der Waals surface area contributed by atoms with Crippen molar-refractivity contribution in [2.45, 2.75) is 45.6 Å². The second-order valence-corrected chi connectivity index (χ2v) is 4.71. The molecule has 0 fully saturated rings. The number of hydrogen-bond acceptors (Lipinski definition) is 2. The van der Waals surface area contributed by atoms with Crippen LogP contribution in [0.25, 0.3) is 0 Å². The van der Waals surface area contributed by atoms with Crippen LogP contribution in [-0.2, 0) is 6.42 Å². The van der Waals surface area contributed by atoms with Crippen LogP contribution in [0.5, 0.6) is 0 Å². The average Bonchev–Trinajstić information content (AvgIpc) is 2.48. The van der Waals surface area contributed by atoms with Crippen molar-refractivity contribution in [2.24, 2.45) is 5.73 Å². The van der Waals surface area contributed by atoms with E-state index >= 15 is 0 Å². The van der Waals surface area contributed by atoms with Crippen LogP contribution in [0.4, 0.5) is 0 Å². The molecule has 0 amide bonds. The van der Waals surface area contributed by atoms with Crippen molar-refractivity contribution in [3.63, 3.8) is 0 Å². The van der Waals surface area contributed by atoms with Crippen molar-refractivity contribution < 1.29 is 0 Å². The summed E-state index contributed by atoms with van der Waals surface area (Å²) in [6.07, 6.45) is 4.63. The van der Waals surface area contributed by atoms with Gasteiger partial charge in [0.05, 0.1) is 0 Å². The van der Waals surface area contributed by atoms with E-state index in [2.05, 4.69) is 25.3 Å². The second-order valence-electron chi connectivity index (χ2n) is 3.59. The standard InChI is InChI=1S/C11H19NS/c1-3-4-11(12)6-5-10-7-8-13-9(10)2/h7-8,11H,3-6,12H2,1-2H3. The van der Waals surface area contributed by atoms with Gasteiger partial charge in [-0.1, -0.05) is 13.3 Å². The topological polar surface area (TPSA) is 26.0 Å². The molecule has 0 aliphatic carbocycles. The van der Waals surface area contributed by atoms with Crippen LogP contribution >= 0.6 is 11.3 Å². The Bertz CT molecular complexity index is 242. The maximum atomic E-state index is 5.95. The molecule has 13 heavy (non-hydrogen) atoms. The molecule has 74 valence electrons. The van der Waals surface area contributed by atoms with E-state index in [1.807, 2.05) is 11.3 Å². The Morgan fingerprint density at radius 1 is 1.46 bits per heavy atom. The van der Waals surface area contributed by atoms with Gasteiger partial charge in [-0.2, -0.15) is 0 Å². The molecule has 0 aromatic carbocycles. The monoisotopic (exact) mass is 197 g/mol. The summed E-state index contributed by atoms with van der Waals surface area (Å²) in [6.45, 7) is 4.38. The van der Waals surface area contributed by atoms with Gasteiger partial charge in [-0.15, -0.1) is 11.3 Å². The van der Waals surface area contributed by atoms with Crippen LogP contribution < -0.4 is 5.73 Å². The molecule has 1 nitrogen and oxygen atoms in total. The van der Waals surface area contributed by atoms with Crippen molar-refractivity contribution in [3.8, 4) is 0 Å². The smallest absolute Gasteiger partial charge is 0.00462 e. The quantitative estimate of drug-likeness (QED) is 0.771. The highest BCUT2D eigenvalue weighted by molar-refractivity contribution is 7.10. The van der Waals surface area contributed by atoms with Gasteiger partial charge in [0.1, 0.15) is 0 Å². The fourth-order valence-electron chi connectivity index (χ4n) is 1.53. The third-order valence-corrected chi connectivity index (χ3v) is 3.30. The number of thiophene rings is 1. The molecule has 1 aromatic heterocycles.